The summed E-state index contributed by atoms with van der Waals surface area (Å²) in [6, 6.07) is 5.62. The molecule has 4 nitrogen and oxygen atoms in total. The predicted octanol–water partition coefficient (Wildman–Crippen LogP) is 3.16. The van der Waals surface area contributed by atoms with Gasteiger partial charge in [-0.15, -0.1) is 0 Å². The Bertz CT molecular complexity index is 383. The van der Waals surface area contributed by atoms with Gasteiger partial charge in [0.15, 0.2) is 0 Å². The zero-order valence-electron chi connectivity index (χ0n) is 14.7. The summed E-state index contributed by atoms with van der Waals surface area (Å²) in [5, 5.41) is 22.1. The zero-order valence-corrected chi connectivity index (χ0v) is 14.7. The van der Waals surface area contributed by atoms with Crippen LogP contribution in [0.5, 0.6) is 0 Å². The third kappa shape index (κ3) is 5.59. The Morgan fingerprint density at radius 3 is 2.64 bits per heavy atom. The molecule has 4 heteroatoms. The van der Waals surface area contributed by atoms with Gasteiger partial charge in [0.25, 0.3) is 0 Å². The van der Waals surface area contributed by atoms with E-state index in [1.807, 2.05) is 6.92 Å². The lowest BCUT2D eigenvalue weighted by Gasteiger charge is -2.34. The quantitative estimate of drug-likeness (QED) is 0.784. The highest BCUT2D eigenvalue weighted by Crippen LogP contribution is 2.28. The lowest BCUT2D eigenvalue weighted by atomic mass is 9.81. The van der Waals surface area contributed by atoms with Gasteiger partial charge in [0.2, 0.25) is 0 Å². The molecule has 0 aromatic rings. The molecule has 0 bridgehead atoms. The minimum absolute atomic E-state index is 0.138. The van der Waals surface area contributed by atoms with Crippen molar-refractivity contribution in [2.75, 3.05) is 20.1 Å². The summed E-state index contributed by atoms with van der Waals surface area (Å²) in [5.41, 5.74) is 0. The van der Waals surface area contributed by atoms with Gasteiger partial charge in [-0.3, -0.25) is 0 Å². The summed E-state index contributed by atoms with van der Waals surface area (Å²) in [4.78, 5) is 2.47. The van der Waals surface area contributed by atoms with Crippen molar-refractivity contribution < 1.29 is 0 Å². The molecule has 5 unspecified atom stereocenters. The highest BCUT2D eigenvalue weighted by molar-refractivity contribution is 4.97. The number of nitriles is 2. The van der Waals surface area contributed by atoms with Gasteiger partial charge in [0.1, 0.15) is 0 Å². The summed E-state index contributed by atoms with van der Waals surface area (Å²) in [6.45, 7) is 8.58. The average molecular weight is 304 g/mol. The summed E-state index contributed by atoms with van der Waals surface area (Å²) in [5.74, 6) is 0.216. The van der Waals surface area contributed by atoms with Gasteiger partial charge in [-0.1, -0.05) is 19.8 Å². The van der Waals surface area contributed by atoms with Gasteiger partial charge >= 0.3 is 0 Å². The van der Waals surface area contributed by atoms with Crippen LogP contribution in [0.4, 0.5) is 0 Å². The van der Waals surface area contributed by atoms with E-state index in [0.29, 0.717) is 18.0 Å². The van der Waals surface area contributed by atoms with Crippen molar-refractivity contribution in [3.05, 3.63) is 0 Å². The molecule has 1 saturated heterocycles. The van der Waals surface area contributed by atoms with Gasteiger partial charge < -0.3 is 10.2 Å². The van der Waals surface area contributed by atoms with E-state index >= 15 is 0 Å². The molecule has 22 heavy (non-hydrogen) atoms. The van der Waals surface area contributed by atoms with Crippen molar-refractivity contribution in [3.63, 3.8) is 0 Å². The van der Waals surface area contributed by atoms with Crippen molar-refractivity contribution in [2.24, 2.45) is 17.8 Å². The predicted molar refractivity (Wildman–Crippen MR) is 90.0 cm³/mol. The molecule has 0 aromatic carbocycles. The van der Waals surface area contributed by atoms with Gasteiger partial charge in [0.05, 0.1) is 24.0 Å². The highest BCUT2D eigenvalue weighted by atomic mass is 15.2. The van der Waals surface area contributed by atoms with E-state index in [1.165, 1.54) is 6.42 Å². The topological polar surface area (TPSA) is 62.9 Å². The van der Waals surface area contributed by atoms with Crippen molar-refractivity contribution >= 4 is 0 Å². The maximum Gasteiger partial charge on any atom is 0.0669 e. The van der Waals surface area contributed by atoms with Crippen LogP contribution in [0.15, 0.2) is 0 Å². The molecule has 0 saturated carbocycles. The Labute approximate surface area is 136 Å². The third-order valence-electron chi connectivity index (χ3n) is 5.13. The zero-order chi connectivity index (χ0) is 16.5. The van der Waals surface area contributed by atoms with Crippen molar-refractivity contribution in [2.45, 2.75) is 65.0 Å². The second kappa shape index (κ2) is 9.82. The Kier molecular flexibility index (Phi) is 8.46. The Hall–Kier alpha value is -1.10. The van der Waals surface area contributed by atoms with E-state index in [4.69, 9.17) is 5.26 Å². The average Bonchev–Trinajstić information content (AvgIpc) is 2.66. The van der Waals surface area contributed by atoms with Crippen molar-refractivity contribution in [1.29, 1.82) is 10.5 Å². The van der Waals surface area contributed by atoms with Crippen LogP contribution in [-0.4, -0.2) is 37.1 Å². The molecule has 0 aliphatic carbocycles. The molecular formula is C18H32N4. The molecule has 0 aromatic heterocycles. The molecule has 1 N–H and O–H groups in total. The molecule has 0 radical (unpaired) electrons. The van der Waals surface area contributed by atoms with Crippen LogP contribution in [0.3, 0.4) is 0 Å². The molecule has 1 fully saturated rings. The van der Waals surface area contributed by atoms with E-state index in [9.17, 15) is 5.26 Å². The van der Waals surface area contributed by atoms with Gasteiger partial charge in [0, 0.05) is 12.1 Å². The van der Waals surface area contributed by atoms with Crippen molar-refractivity contribution in [1.82, 2.24) is 10.2 Å². The Balaban J connectivity index is 2.73. The molecule has 1 aliphatic heterocycles. The van der Waals surface area contributed by atoms with Crippen LogP contribution in [0.1, 0.15) is 52.9 Å². The number of nitrogens with one attached hydrogen (secondary N) is 1. The molecule has 0 amide bonds. The lowest BCUT2D eigenvalue weighted by molar-refractivity contribution is 0.173. The fourth-order valence-corrected chi connectivity index (χ4v) is 3.63. The summed E-state index contributed by atoms with van der Waals surface area (Å²) < 4.78 is 0. The standard InChI is InChI=1S/C18H32N4/c1-5-7-16(10-17(13-20)14(2)12-19)11-18-15(3)21-8-6-9-22(18)4/h14-18,21H,5-11H2,1-4H3. The van der Waals surface area contributed by atoms with Crippen molar-refractivity contribution in [3.8, 4) is 12.1 Å². The molecular weight excluding hydrogens is 272 g/mol. The van der Waals surface area contributed by atoms with Crippen LogP contribution in [-0.2, 0) is 0 Å². The Morgan fingerprint density at radius 1 is 1.32 bits per heavy atom. The number of nitrogens with zero attached hydrogens (tertiary/aromatic N) is 3. The largest absolute Gasteiger partial charge is 0.313 e. The molecule has 124 valence electrons. The van der Waals surface area contributed by atoms with E-state index < -0.39 is 0 Å². The van der Waals surface area contributed by atoms with E-state index in [-0.39, 0.29) is 11.8 Å². The van der Waals surface area contributed by atoms with Gasteiger partial charge in [-0.25, -0.2) is 0 Å². The van der Waals surface area contributed by atoms with E-state index in [0.717, 1.165) is 38.8 Å². The summed E-state index contributed by atoms with van der Waals surface area (Å²) in [7, 11) is 2.22. The van der Waals surface area contributed by atoms with Crippen LogP contribution in [0, 0.1) is 40.4 Å². The fraction of sp³-hybridized carbons (Fsp3) is 0.889. The number of hydrogen-bond donors (Lipinski definition) is 1. The van der Waals surface area contributed by atoms with Crippen LogP contribution in [0.2, 0.25) is 0 Å². The number of likely N-dealkylation sites (N-methyl/N-ethyl adjacent to an activating group) is 1. The van der Waals surface area contributed by atoms with Gasteiger partial charge in [-0.05, 0) is 59.2 Å². The Morgan fingerprint density at radius 2 is 2.05 bits per heavy atom. The molecule has 1 aliphatic rings. The second-order valence-corrected chi connectivity index (χ2v) is 6.92. The highest BCUT2D eigenvalue weighted by Gasteiger charge is 2.29. The maximum absolute atomic E-state index is 9.38. The van der Waals surface area contributed by atoms with E-state index in [1.54, 1.807) is 0 Å². The van der Waals surface area contributed by atoms with Crippen LogP contribution >= 0.6 is 0 Å². The SMILES string of the molecule is CCCC(CC(C#N)C(C)C#N)CC1C(C)NCCCN1C. The normalized spacial score (nSPS) is 27.2. The van der Waals surface area contributed by atoms with Crippen LogP contribution in [0.25, 0.3) is 0 Å². The summed E-state index contributed by atoms with van der Waals surface area (Å²) >= 11 is 0. The first-order valence-electron chi connectivity index (χ1n) is 8.76. The smallest absolute Gasteiger partial charge is 0.0669 e. The molecule has 5 atom stereocenters. The minimum Gasteiger partial charge on any atom is -0.313 e. The first-order valence-corrected chi connectivity index (χ1v) is 8.76. The van der Waals surface area contributed by atoms with E-state index in [2.05, 4.69) is 43.3 Å². The third-order valence-corrected chi connectivity index (χ3v) is 5.13. The monoisotopic (exact) mass is 304 g/mol. The number of hydrogen-bond acceptors (Lipinski definition) is 4. The lowest BCUT2D eigenvalue weighted by Crippen LogP contribution is -2.45. The number of rotatable bonds is 7. The molecule has 0 spiro atoms. The minimum atomic E-state index is -0.174. The molecule has 1 rings (SSSR count). The molecule has 1 heterocycles. The summed E-state index contributed by atoms with van der Waals surface area (Å²) in [6.07, 6.45) is 5.46. The fourth-order valence-electron chi connectivity index (χ4n) is 3.63. The maximum atomic E-state index is 9.38. The first-order chi connectivity index (χ1) is 10.5. The second-order valence-electron chi connectivity index (χ2n) is 6.92. The first kappa shape index (κ1) is 18.9. The van der Waals surface area contributed by atoms with Gasteiger partial charge in [-0.2, -0.15) is 10.5 Å². The van der Waals surface area contributed by atoms with Crippen LogP contribution < -0.4 is 5.32 Å².